The zero-order chi connectivity index (χ0) is 17.2. The Labute approximate surface area is 143 Å². The number of fused-ring (bicyclic) bond motifs is 1. The fraction of sp³-hybridized carbons (Fsp3) is 0.438. The van der Waals surface area contributed by atoms with Crippen LogP contribution < -0.4 is 0 Å². The molecule has 9 heteroatoms. The van der Waals surface area contributed by atoms with Gasteiger partial charge in [-0.05, 0) is 41.5 Å². The predicted octanol–water partition coefficient (Wildman–Crippen LogP) is 0.333. The Balaban J connectivity index is 1.54. The minimum Gasteiger partial charge on any atom is -0.394 e. The average molecular weight is 341 g/mol. The molecule has 4 heterocycles. The first kappa shape index (κ1) is 15.7. The second-order valence-corrected chi connectivity index (χ2v) is 6.18. The second-order valence-electron chi connectivity index (χ2n) is 6.18. The molecule has 1 N–H and O–H groups in total. The maximum atomic E-state index is 12.9. The summed E-state index contributed by atoms with van der Waals surface area (Å²) in [4.78, 5) is 14.8. The van der Waals surface area contributed by atoms with Crippen molar-refractivity contribution in [3.05, 3.63) is 41.9 Å². The van der Waals surface area contributed by atoms with Gasteiger partial charge < -0.3 is 10.0 Å². The van der Waals surface area contributed by atoms with E-state index in [0.717, 1.165) is 18.5 Å². The lowest BCUT2D eigenvalue weighted by Crippen LogP contribution is -2.40. The summed E-state index contributed by atoms with van der Waals surface area (Å²) in [5.74, 6) is 0.128. The van der Waals surface area contributed by atoms with Gasteiger partial charge in [-0.1, -0.05) is 6.07 Å². The van der Waals surface area contributed by atoms with Crippen LogP contribution in [-0.4, -0.2) is 65.4 Å². The molecule has 1 aliphatic heterocycles. The van der Waals surface area contributed by atoms with Gasteiger partial charge in [0.1, 0.15) is 5.69 Å². The Morgan fingerprint density at radius 3 is 3.12 bits per heavy atom. The van der Waals surface area contributed by atoms with Gasteiger partial charge >= 0.3 is 0 Å². The first-order chi connectivity index (χ1) is 12.3. The van der Waals surface area contributed by atoms with E-state index in [-0.39, 0.29) is 18.4 Å². The van der Waals surface area contributed by atoms with Crippen LogP contribution in [0.15, 0.2) is 30.5 Å². The summed E-state index contributed by atoms with van der Waals surface area (Å²) in [6.07, 6.45) is 3.79. The van der Waals surface area contributed by atoms with Crippen molar-refractivity contribution < 1.29 is 9.90 Å². The lowest BCUT2D eigenvalue weighted by atomic mass is 9.94. The number of aliphatic hydroxyl groups is 1. The van der Waals surface area contributed by atoms with Crippen LogP contribution >= 0.6 is 0 Å². The molecule has 0 aromatic carbocycles. The van der Waals surface area contributed by atoms with Gasteiger partial charge in [-0.3, -0.25) is 9.48 Å². The number of tetrazole rings is 1. The van der Waals surface area contributed by atoms with Crippen LogP contribution in [0.5, 0.6) is 0 Å². The Hall–Kier alpha value is -2.81. The molecular weight excluding hydrogens is 322 g/mol. The van der Waals surface area contributed by atoms with E-state index in [4.69, 9.17) is 5.11 Å². The molecule has 0 bridgehead atoms. The number of rotatable bonds is 4. The number of amides is 1. The van der Waals surface area contributed by atoms with Gasteiger partial charge in [0.25, 0.3) is 5.91 Å². The van der Waals surface area contributed by atoms with Gasteiger partial charge in [0.15, 0.2) is 5.65 Å². The van der Waals surface area contributed by atoms with Crippen molar-refractivity contribution in [2.45, 2.75) is 25.3 Å². The lowest BCUT2D eigenvalue weighted by Gasteiger charge is -2.32. The second kappa shape index (κ2) is 6.60. The van der Waals surface area contributed by atoms with Crippen LogP contribution in [0.3, 0.4) is 0 Å². The Bertz CT molecular complexity index is 887. The van der Waals surface area contributed by atoms with Crippen LogP contribution in [0.1, 0.15) is 34.9 Å². The van der Waals surface area contributed by atoms with Crippen molar-refractivity contribution in [2.24, 2.45) is 0 Å². The lowest BCUT2D eigenvalue weighted by molar-refractivity contribution is 0.0696. The first-order valence-corrected chi connectivity index (χ1v) is 8.37. The van der Waals surface area contributed by atoms with E-state index >= 15 is 0 Å². The summed E-state index contributed by atoms with van der Waals surface area (Å²) in [7, 11) is 0. The average Bonchev–Trinajstić information content (AvgIpc) is 3.30. The normalized spacial score (nSPS) is 18.0. The molecule has 130 valence electrons. The number of nitrogens with zero attached hydrogens (tertiary/aromatic N) is 7. The Morgan fingerprint density at radius 1 is 1.32 bits per heavy atom. The van der Waals surface area contributed by atoms with Crippen molar-refractivity contribution in [3.63, 3.8) is 0 Å². The summed E-state index contributed by atoms with van der Waals surface area (Å²) >= 11 is 0. The molecule has 25 heavy (non-hydrogen) atoms. The smallest absolute Gasteiger partial charge is 0.272 e. The number of pyridine rings is 1. The van der Waals surface area contributed by atoms with Gasteiger partial charge in [-0.15, -0.1) is 5.10 Å². The van der Waals surface area contributed by atoms with Gasteiger partial charge in [0.2, 0.25) is 0 Å². The highest BCUT2D eigenvalue weighted by atomic mass is 16.3. The van der Waals surface area contributed by atoms with Crippen LogP contribution in [0.2, 0.25) is 0 Å². The van der Waals surface area contributed by atoms with Crippen LogP contribution in [0.4, 0.5) is 0 Å². The van der Waals surface area contributed by atoms with Gasteiger partial charge in [0.05, 0.1) is 18.8 Å². The van der Waals surface area contributed by atoms with E-state index in [9.17, 15) is 4.79 Å². The Kier molecular flexibility index (Phi) is 4.14. The Morgan fingerprint density at radius 2 is 2.24 bits per heavy atom. The first-order valence-electron chi connectivity index (χ1n) is 8.37. The molecule has 1 saturated heterocycles. The third kappa shape index (κ3) is 2.98. The molecule has 3 aromatic rings. The molecule has 1 aliphatic rings. The highest BCUT2D eigenvalue weighted by Gasteiger charge is 2.28. The van der Waals surface area contributed by atoms with Crippen molar-refractivity contribution in [3.8, 4) is 0 Å². The van der Waals surface area contributed by atoms with E-state index in [1.54, 1.807) is 22.9 Å². The van der Waals surface area contributed by atoms with E-state index < -0.39 is 0 Å². The maximum absolute atomic E-state index is 12.9. The fourth-order valence-electron chi connectivity index (χ4n) is 3.31. The highest BCUT2D eigenvalue weighted by molar-refractivity contribution is 5.93. The van der Waals surface area contributed by atoms with Crippen molar-refractivity contribution in [1.82, 2.24) is 34.7 Å². The number of carbonyl (C=O) groups excluding carboxylic acids is 1. The third-order valence-corrected chi connectivity index (χ3v) is 4.56. The van der Waals surface area contributed by atoms with Gasteiger partial charge in [0, 0.05) is 25.2 Å². The topological polar surface area (TPSA) is 101 Å². The van der Waals surface area contributed by atoms with E-state index in [1.807, 2.05) is 17.2 Å². The maximum Gasteiger partial charge on any atom is 0.272 e. The van der Waals surface area contributed by atoms with Crippen molar-refractivity contribution in [2.75, 3.05) is 19.7 Å². The predicted molar refractivity (Wildman–Crippen MR) is 88.0 cm³/mol. The molecule has 0 radical (unpaired) electrons. The number of carbonyl (C=O) groups is 1. The molecule has 1 amide bonds. The number of hydrogen-bond acceptors (Lipinski definition) is 6. The number of piperidine rings is 1. The van der Waals surface area contributed by atoms with Crippen molar-refractivity contribution in [1.29, 1.82) is 0 Å². The standard InChI is InChI=1S/C16H19N7O2/c24-10-9-22-8-6-13(18-22)12-3-2-7-21(11-12)16(25)14-4-1-5-15-17-19-20-23(14)15/h1,4-6,8,12,24H,2-3,7,9-11H2/t12-/m0/s1. The fourth-order valence-corrected chi connectivity index (χ4v) is 3.31. The number of aromatic nitrogens is 6. The molecule has 3 aromatic heterocycles. The van der Waals surface area contributed by atoms with Crippen LogP contribution in [-0.2, 0) is 6.54 Å². The van der Waals surface area contributed by atoms with Gasteiger partial charge in [-0.25, -0.2) is 0 Å². The quantitative estimate of drug-likeness (QED) is 0.734. The monoisotopic (exact) mass is 341 g/mol. The minimum atomic E-state index is -0.0719. The third-order valence-electron chi connectivity index (χ3n) is 4.56. The zero-order valence-electron chi connectivity index (χ0n) is 13.7. The van der Waals surface area contributed by atoms with E-state index in [0.29, 0.717) is 31.0 Å². The largest absolute Gasteiger partial charge is 0.394 e. The van der Waals surface area contributed by atoms with Crippen molar-refractivity contribution >= 4 is 11.6 Å². The molecule has 1 atom stereocenters. The molecule has 1 fully saturated rings. The van der Waals surface area contributed by atoms with E-state index in [2.05, 4.69) is 20.6 Å². The molecule has 0 aliphatic carbocycles. The molecule has 9 nitrogen and oxygen atoms in total. The highest BCUT2D eigenvalue weighted by Crippen LogP contribution is 2.26. The van der Waals surface area contributed by atoms with Crippen LogP contribution in [0.25, 0.3) is 5.65 Å². The summed E-state index contributed by atoms with van der Waals surface area (Å²) in [6.45, 7) is 1.88. The molecule has 4 rings (SSSR count). The zero-order valence-corrected chi connectivity index (χ0v) is 13.7. The summed E-state index contributed by atoms with van der Waals surface area (Å²) in [6, 6.07) is 7.27. The minimum absolute atomic E-state index is 0.0618. The number of aliphatic hydroxyl groups excluding tert-OH is 1. The molecule has 0 unspecified atom stereocenters. The van der Waals surface area contributed by atoms with Crippen LogP contribution in [0, 0.1) is 0 Å². The number of likely N-dealkylation sites (tertiary alicyclic amines) is 1. The molecular formula is C16H19N7O2. The molecule has 0 spiro atoms. The van der Waals surface area contributed by atoms with Gasteiger partial charge in [-0.2, -0.15) is 9.61 Å². The molecule has 0 saturated carbocycles. The number of hydrogen-bond donors (Lipinski definition) is 1. The summed E-state index contributed by atoms with van der Waals surface area (Å²) in [5.41, 5.74) is 1.99. The van der Waals surface area contributed by atoms with E-state index in [1.165, 1.54) is 4.52 Å². The summed E-state index contributed by atoms with van der Waals surface area (Å²) < 4.78 is 3.21. The SMILES string of the molecule is O=C(c1cccc2nnnn12)N1CCC[C@H](c2ccn(CCO)n2)C1. The summed E-state index contributed by atoms with van der Waals surface area (Å²) in [5, 5.41) is 25.0.